The number of hydrogen-bond acceptors (Lipinski definition) is 6. The lowest BCUT2D eigenvalue weighted by atomic mass is 10.1. The molecule has 30 heavy (non-hydrogen) atoms. The van der Waals surface area contributed by atoms with E-state index in [-0.39, 0.29) is 17.9 Å². The predicted molar refractivity (Wildman–Crippen MR) is 113 cm³/mol. The van der Waals surface area contributed by atoms with Crippen molar-refractivity contribution in [1.82, 2.24) is 20.1 Å². The van der Waals surface area contributed by atoms with Gasteiger partial charge in [0.15, 0.2) is 5.82 Å². The molecule has 0 spiro atoms. The molecular weight excluding hydrogens is 382 g/mol. The Morgan fingerprint density at radius 3 is 2.80 bits per heavy atom. The van der Waals surface area contributed by atoms with Crippen LogP contribution in [0.1, 0.15) is 18.4 Å². The molecule has 0 aliphatic carbocycles. The van der Waals surface area contributed by atoms with Gasteiger partial charge in [-0.25, -0.2) is 0 Å². The van der Waals surface area contributed by atoms with Crippen LogP contribution in [0.5, 0.6) is 11.5 Å². The van der Waals surface area contributed by atoms with Crippen LogP contribution in [0.3, 0.4) is 0 Å². The molecule has 8 heteroatoms. The monoisotopic (exact) mass is 407 g/mol. The molecule has 0 saturated carbocycles. The Morgan fingerprint density at radius 1 is 1.20 bits per heavy atom. The fourth-order valence-electron chi connectivity index (χ4n) is 3.76. The van der Waals surface area contributed by atoms with Gasteiger partial charge in [-0.1, -0.05) is 30.3 Å². The van der Waals surface area contributed by atoms with E-state index in [0.29, 0.717) is 17.3 Å². The molecule has 156 valence electrons. The van der Waals surface area contributed by atoms with Gasteiger partial charge >= 0.3 is 0 Å². The average molecular weight is 407 g/mol. The fraction of sp³-hybridized carbons (Fsp3) is 0.318. The van der Waals surface area contributed by atoms with Gasteiger partial charge in [-0.15, -0.1) is 5.10 Å². The van der Waals surface area contributed by atoms with Gasteiger partial charge in [-0.3, -0.25) is 20.1 Å². The number of amides is 1. The molecule has 1 aliphatic heterocycles. The van der Waals surface area contributed by atoms with Crippen molar-refractivity contribution in [3.63, 3.8) is 0 Å². The van der Waals surface area contributed by atoms with Crippen molar-refractivity contribution in [3.05, 3.63) is 54.1 Å². The smallest absolute Gasteiger partial charge is 0.249 e. The molecule has 1 aromatic heterocycles. The number of benzene rings is 2. The molecule has 1 amide bonds. The van der Waals surface area contributed by atoms with Crippen molar-refractivity contribution in [2.45, 2.75) is 25.4 Å². The zero-order chi connectivity index (χ0) is 20.9. The standard InChI is InChI=1S/C22H25N5O3/c1-29-16-10-11-17(19(13-16)30-2)20-23-22(26-25-20)24-21(28)18-9-6-12-27(18)14-15-7-4-3-5-8-15/h3-5,7-8,10-11,13,18H,6,9,12,14H2,1-2H3,(H2,23,24,25,26,28). The minimum atomic E-state index is -0.192. The van der Waals surface area contributed by atoms with E-state index in [1.54, 1.807) is 20.3 Å². The summed E-state index contributed by atoms with van der Waals surface area (Å²) < 4.78 is 10.6. The number of carbonyl (C=O) groups is 1. The largest absolute Gasteiger partial charge is 0.497 e. The van der Waals surface area contributed by atoms with Crippen LogP contribution in [0, 0.1) is 0 Å². The molecule has 1 atom stereocenters. The predicted octanol–water partition coefficient (Wildman–Crippen LogP) is 3.09. The molecule has 0 radical (unpaired) electrons. The first-order valence-corrected chi connectivity index (χ1v) is 9.91. The Bertz CT molecular complexity index is 1010. The van der Waals surface area contributed by atoms with E-state index in [2.05, 4.69) is 37.5 Å². The molecule has 1 unspecified atom stereocenters. The van der Waals surface area contributed by atoms with Crippen molar-refractivity contribution >= 4 is 11.9 Å². The Labute approximate surface area is 175 Å². The number of aromatic amines is 1. The lowest BCUT2D eigenvalue weighted by Gasteiger charge is -2.23. The minimum absolute atomic E-state index is 0.0873. The third-order valence-electron chi connectivity index (χ3n) is 5.28. The molecule has 2 heterocycles. The second-order valence-corrected chi connectivity index (χ2v) is 7.18. The lowest BCUT2D eigenvalue weighted by molar-refractivity contribution is -0.120. The van der Waals surface area contributed by atoms with E-state index in [4.69, 9.17) is 9.47 Å². The Balaban J connectivity index is 1.45. The summed E-state index contributed by atoms with van der Waals surface area (Å²) in [5.74, 6) is 1.96. The van der Waals surface area contributed by atoms with Gasteiger partial charge in [-0.2, -0.15) is 4.98 Å². The van der Waals surface area contributed by atoms with Gasteiger partial charge in [0.05, 0.1) is 25.8 Å². The number of hydrogen-bond donors (Lipinski definition) is 2. The van der Waals surface area contributed by atoms with Crippen LogP contribution < -0.4 is 14.8 Å². The first kappa shape index (κ1) is 19.9. The SMILES string of the molecule is COc1ccc(-c2nc(NC(=O)C3CCCN3Cc3ccccc3)n[nH]2)c(OC)c1. The highest BCUT2D eigenvalue weighted by Gasteiger charge is 2.31. The lowest BCUT2D eigenvalue weighted by Crippen LogP contribution is -2.39. The van der Waals surface area contributed by atoms with Gasteiger partial charge in [-0.05, 0) is 37.1 Å². The maximum absolute atomic E-state index is 12.9. The van der Waals surface area contributed by atoms with Crippen LogP contribution >= 0.6 is 0 Å². The summed E-state index contributed by atoms with van der Waals surface area (Å²) in [4.78, 5) is 19.5. The van der Waals surface area contributed by atoms with Gasteiger partial charge in [0.1, 0.15) is 11.5 Å². The number of nitrogens with zero attached hydrogens (tertiary/aromatic N) is 3. The molecule has 1 fully saturated rings. The second kappa shape index (κ2) is 8.96. The summed E-state index contributed by atoms with van der Waals surface area (Å²) in [5, 5.41) is 9.88. The zero-order valence-electron chi connectivity index (χ0n) is 17.1. The number of anilines is 1. The highest BCUT2D eigenvalue weighted by molar-refractivity contribution is 5.93. The van der Waals surface area contributed by atoms with Crippen LogP contribution in [0.2, 0.25) is 0 Å². The van der Waals surface area contributed by atoms with Crippen molar-refractivity contribution in [2.24, 2.45) is 0 Å². The Hall–Kier alpha value is -3.39. The topological polar surface area (TPSA) is 92.4 Å². The molecular formula is C22H25N5O3. The first-order valence-electron chi connectivity index (χ1n) is 9.91. The summed E-state index contributed by atoms with van der Waals surface area (Å²) in [7, 11) is 3.18. The van der Waals surface area contributed by atoms with E-state index in [9.17, 15) is 4.79 Å². The van der Waals surface area contributed by atoms with Gasteiger partial charge in [0.25, 0.3) is 0 Å². The number of carbonyl (C=O) groups excluding carboxylic acids is 1. The normalized spacial score (nSPS) is 16.4. The van der Waals surface area contributed by atoms with Crippen LogP contribution in [0.15, 0.2) is 48.5 Å². The summed E-state index contributed by atoms with van der Waals surface area (Å²) in [6.45, 7) is 1.65. The number of rotatable bonds is 7. The Morgan fingerprint density at radius 2 is 2.03 bits per heavy atom. The summed E-state index contributed by atoms with van der Waals surface area (Å²) in [6.07, 6.45) is 1.81. The van der Waals surface area contributed by atoms with E-state index in [0.717, 1.165) is 31.5 Å². The summed E-state index contributed by atoms with van der Waals surface area (Å²) >= 11 is 0. The second-order valence-electron chi connectivity index (χ2n) is 7.18. The molecule has 1 aliphatic rings. The van der Waals surface area contributed by atoms with Crippen molar-refractivity contribution < 1.29 is 14.3 Å². The molecule has 2 aromatic carbocycles. The highest BCUT2D eigenvalue weighted by Crippen LogP contribution is 2.31. The van der Waals surface area contributed by atoms with E-state index >= 15 is 0 Å². The molecule has 8 nitrogen and oxygen atoms in total. The molecule has 3 aromatic rings. The zero-order valence-corrected chi connectivity index (χ0v) is 17.1. The molecule has 0 bridgehead atoms. The number of methoxy groups -OCH3 is 2. The molecule has 2 N–H and O–H groups in total. The van der Waals surface area contributed by atoms with Crippen molar-refractivity contribution in [1.29, 1.82) is 0 Å². The summed E-state index contributed by atoms with van der Waals surface area (Å²) in [6, 6.07) is 15.4. The molecule has 4 rings (SSSR count). The Kier molecular flexibility index (Phi) is 5.94. The van der Waals surface area contributed by atoms with E-state index in [1.165, 1.54) is 5.56 Å². The molecule has 1 saturated heterocycles. The van der Waals surface area contributed by atoms with Gasteiger partial charge in [0, 0.05) is 12.6 Å². The number of ether oxygens (including phenoxy) is 2. The third-order valence-corrected chi connectivity index (χ3v) is 5.28. The van der Waals surface area contributed by atoms with Crippen LogP contribution in [0.4, 0.5) is 5.95 Å². The number of nitrogens with one attached hydrogen (secondary N) is 2. The van der Waals surface area contributed by atoms with Crippen LogP contribution in [-0.4, -0.2) is 52.8 Å². The van der Waals surface area contributed by atoms with E-state index < -0.39 is 0 Å². The minimum Gasteiger partial charge on any atom is -0.497 e. The first-order chi connectivity index (χ1) is 14.7. The van der Waals surface area contributed by atoms with Gasteiger partial charge < -0.3 is 9.47 Å². The van der Waals surface area contributed by atoms with Crippen molar-refractivity contribution in [2.75, 3.05) is 26.1 Å². The maximum Gasteiger partial charge on any atom is 0.249 e. The number of aromatic nitrogens is 3. The van der Waals surface area contributed by atoms with Crippen LogP contribution in [-0.2, 0) is 11.3 Å². The quantitative estimate of drug-likeness (QED) is 0.625. The summed E-state index contributed by atoms with van der Waals surface area (Å²) in [5.41, 5.74) is 1.93. The third kappa shape index (κ3) is 4.28. The maximum atomic E-state index is 12.9. The number of likely N-dealkylation sites (tertiary alicyclic amines) is 1. The highest BCUT2D eigenvalue weighted by atomic mass is 16.5. The van der Waals surface area contributed by atoms with Crippen molar-refractivity contribution in [3.8, 4) is 22.9 Å². The van der Waals surface area contributed by atoms with E-state index in [1.807, 2.05) is 30.3 Å². The fourth-order valence-corrected chi connectivity index (χ4v) is 3.76. The average Bonchev–Trinajstić information content (AvgIpc) is 3.43. The number of H-pyrrole nitrogens is 1. The van der Waals surface area contributed by atoms with Crippen LogP contribution in [0.25, 0.3) is 11.4 Å². The van der Waals surface area contributed by atoms with Gasteiger partial charge in [0.2, 0.25) is 11.9 Å².